The molecule has 4 aliphatic carbocycles. The smallest absolute Gasteiger partial charge is 0.315 e. The molecule has 41 heavy (non-hydrogen) atoms. The Balaban J connectivity index is 1.01. The first-order valence-electron chi connectivity index (χ1n) is 15.2. The largest absolute Gasteiger partial charge is 0.338 e. The van der Waals surface area contributed by atoms with E-state index in [9.17, 15) is 4.79 Å². The van der Waals surface area contributed by atoms with Crippen molar-refractivity contribution in [3.8, 4) is 16.9 Å². The zero-order chi connectivity index (χ0) is 28.5. The highest BCUT2D eigenvalue weighted by atomic mass is 35.5. The van der Waals surface area contributed by atoms with Crippen LogP contribution in [0.15, 0.2) is 42.5 Å². The van der Waals surface area contributed by atoms with Crippen LogP contribution in [-0.2, 0) is 6.54 Å². The number of hydrogen-bond acceptors (Lipinski definition) is 2. The maximum atomic E-state index is 12.6. The maximum Gasteiger partial charge on any atom is 0.315 e. The van der Waals surface area contributed by atoms with Crippen LogP contribution in [0.3, 0.4) is 0 Å². The predicted molar refractivity (Wildman–Crippen MR) is 168 cm³/mol. The number of carbonyl (C=O) groups excluding carboxylic acids is 1. The third-order valence-electron chi connectivity index (χ3n) is 9.81. The lowest BCUT2D eigenvalue weighted by Crippen LogP contribution is -2.44. The van der Waals surface area contributed by atoms with E-state index >= 15 is 0 Å². The van der Waals surface area contributed by atoms with Gasteiger partial charge in [-0.1, -0.05) is 59.8 Å². The van der Waals surface area contributed by atoms with Crippen LogP contribution in [0.5, 0.6) is 0 Å². The number of urea groups is 1. The van der Waals surface area contributed by atoms with E-state index in [0.717, 1.165) is 58.5 Å². The molecule has 0 saturated heterocycles. The van der Waals surface area contributed by atoms with Crippen molar-refractivity contribution in [3.63, 3.8) is 0 Å². The monoisotopic (exact) mass is 612 g/mol. The molecular formula is C33H39Cl3N4O. The summed E-state index contributed by atoms with van der Waals surface area (Å²) in [6, 6.07) is 12.8. The first-order valence-corrected chi connectivity index (χ1v) is 16.3. The Labute approximate surface area is 258 Å². The Bertz CT molecular complexity index is 1360. The van der Waals surface area contributed by atoms with Gasteiger partial charge in [-0.3, -0.25) is 0 Å². The molecule has 0 radical (unpaired) electrons. The van der Waals surface area contributed by atoms with Gasteiger partial charge in [0.2, 0.25) is 0 Å². The fourth-order valence-electron chi connectivity index (χ4n) is 8.10. The number of unbranched alkanes of at least 4 members (excludes halogenated alkanes) is 2. The predicted octanol–water partition coefficient (Wildman–Crippen LogP) is 9.24. The molecule has 218 valence electrons. The van der Waals surface area contributed by atoms with Crippen LogP contribution in [0, 0.1) is 36.5 Å². The molecule has 3 aromatic rings. The van der Waals surface area contributed by atoms with E-state index in [2.05, 4.69) is 10.6 Å². The quantitative estimate of drug-likeness (QED) is 0.224. The van der Waals surface area contributed by atoms with Gasteiger partial charge in [-0.15, -0.1) is 0 Å². The number of halogens is 3. The molecule has 4 aliphatic rings. The van der Waals surface area contributed by atoms with E-state index in [4.69, 9.17) is 39.9 Å². The minimum absolute atomic E-state index is 0.169. The second-order valence-electron chi connectivity index (χ2n) is 12.5. The Morgan fingerprint density at radius 3 is 2.24 bits per heavy atom. The molecule has 0 unspecified atom stereocenters. The molecular weight excluding hydrogens is 575 g/mol. The first kappa shape index (κ1) is 28.9. The fourth-order valence-corrected chi connectivity index (χ4v) is 8.72. The SMILES string of the molecule is Cc1c(CNC(=O)NCCCCCC2C3CC4CC(C3)CC2C4)nn(-c2ccc(Cl)cc2Cl)c1-c1ccc(Cl)cc1. The second-order valence-corrected chi connectivity index (χ2v) is 13.8. The summed E-state index contributed by atoms with van der Waals surface area (Å²) in [7, 11) is 0. The normalized spacial score (nSPS) is 24.5. The van der Waals surface area contributed by atoms with Crippen molar-refractivity contribution in [1.82, 2.24) is 20.4 Å². The molecule has 1 heterocycles. The lowest BCUT2D eigenvalue weighted by atomic mass is 9.51. The Morgan fingerprint density at radius 2 is 1.56 bits per heavy atom. The Kier molecular flexibility index (Phi) is 8.86. The molecule has 0 spiro atoms. The average molecular weight is 614 g/mol. The lowest BCUT2D eigenvalue weighted by molar-refractivity contribution is -0.0404. The average Bonchev–Trinajstić information content (AvgIpc) is 3.26. The number of nitrogens with zero attached hydrogens (tertiary/aromatic N) is 2. The summed E-state index contributed by atoms with van der Waals surface area (Å²) in [6.07, 6.45) is 12.4. The summed E-state index contributed by atoms with van der Waals surface area (Å²) in [5.74, 6) is 5.10. The summed E-state index contributed by atoms with van der Waals surface area (Å²) in [5, 5.41) is 12.6. The van der Waals surface area contributed by atoms with E-state index < -0.39 is 0 Å². The number of amides is 2. The topological polar surface area (TPSA) is 59.0 Å². The van der Waals surface area contributed by atoms with Crippen molar-refractivity contribution in [2.75, 3.05) is 6.54 Å². The second kappa shape index (κ2) is 12.6. The standard InChI is InChI=1S/C33H39Cl3N4O/c1-20-30(39-40(31-11-10-27(35)18-29(31)36)32(20)23-6-8-26(34)9-7-23)19-38-33(41)37-12-4-2-3-5-28-24-14-21-13-22(16-24)17-25(28)15-21/h6-11,18,21-22,24-25,28H,2-5,12-17,19H2,1H3,(H2,37,38,41). The summed E-state index contributed by atoms with van der Waals surface area (Å²) < 4.78 is 1.82. The van der Waals surface area contributed by atoms with Crippen LogP contribution in [-0.4, -0.2) is 22.4 Å². The number of hydrogen-bond donors (Lipinski definition) is 2. The maximum absolute atomic E-state index is 12.6. The third-order valence-corrected chi connectivity index (χ3v) is 10.6. The molecule has 2 N–H and O–H groups in total. The molecule has 4 bridgehead atoms. The molecule has 5 nitrogen and oxygen atoms in total. The Hall–Kier alpha value is -2.21. The summed E-state index contributed by atoms with van der Waals surface area (Å²) in [5.41, 5.74) is 4.29. The molecule has 0 atom stereocenters. The number of rotatable bonds is 10. The van der Waals surface area contributed by atoms with Crippen LogP contribution >= 0.6 is 34.8 Å². The number of carbonyl (C=O) groups is 1. The van der Waals surface area contributed by atoms with Gasteiger partial charge in [0, 0.05) is 27.7 Å². The molecule has 8 heteroatoms. The molecule has 4 fully saturated rings. The van der Waals surface area contributed by atoms with Crippen molar-refractivity contribution in [3.05, 3.63) is 68.8 Å². The third kappa shape index (κ3) is 6.43. The molecule has 1 aromatic heterocycles. The molecule has 2 amide bonds. The number of nitrogens with one attached hydrogen (secondary N) is 2. The van der Waals surface area contributed by atoms with Gasteiger partial charge in [0.15, 0.2) is 0 Å². The lowest BCUT2D eigenvalue weighted by Gasteiger charge is -2.54. The Morgan fingerprint density at radius 1 is 0.878 bits per heavy atom. The summed E-state index contributed by atoms with van der Waals surface area (Å²) >= 11 is 18.9. The fraction of sp³-hybridized carbons (Fsp3) is 0.515. The van der Waals surface area contributed by atoms with Crippen molar-refractivity contribution in [2.45, 2.75) is 71.3 Å². The summed E-state index contributed by atoms with van der Waals surface area (Å²) in [6.45, 7) is 3.01. The van der Waals surface area contributed by atoms with Crippen molar-refractivity contribution < 1.29 is 4.79 Å². The van der Waals surface area contributed by atoms with Gasteiger partial charge >= 0.3 is 6.03 Å². The van der Waals surface area contributed by atoms with Gasteiger partial charge in [0.05, 0.1) is 28.6 Å². The van der Waals surface area contributed by atoms with Crippen LogP contribution in [0.1, 0.15) is 69.0 Å². The molecule has 0 aliphatic heterocycles. The van der Waals surface area contributed by atoms with Gasteiger partial charge < -0.3 is 10.6 Å². The van der Waals surface area contributed by atoms with Gasteiger partial charge in [0.25, 0.3) is 0 Å². The van der Waals surface area contributed by atoms with Gasteiger partial charge in [0.1, 0.15) is 0 Å². The number of benzene rings is 2. The first-order chi connectivity index (χ1) is 19.9. The summed E-state index contributed by atoms with van der Waals surface area (Å²) in [4.78, 5) is 12.6. The van der Waals surface area contributed by atoms with E-state index in [-0.39, 0.29) is 6.03 Å². The zero-order valence-electron chi connectivity index (χ0n) is 23.6. The van der Waals surface area contributed by atoms with Crippen LogP contribution in [0.25, 0.3) is 16.9 Å². The van der Waals surface area contributed by atoms with Gasteiger partial charge in [-0.2, -0.15) is 5.10 Å². The van der Waals surface area contributed by atoms with E-state index in [1.165, 1.54) is 51.4 Å². The molecule has 7 rings (SSSR count). The minimum atomic E-state index is -0.169. The highest BCUT2D eigenvalue weighted by molar-refractivity contribution is 6.35. The highest BCUT2D eigenvalue weighted by Crippen LogP contribution is 2.57. The number of aromatic nitrogens is 2. The van der Waals surface area contributed by atoms with Crippen LogP contribution < -0.4 is 10.6 Å². The van der Waals surface area contributed by atoms with E-state index in [0.29, 0.717) is 33.8 Å². The highest BCUT2D eigenvalue weighted by Gasteiger charge is 2.47. The zero-order valence-corrected chi connectivity index (χ0v) is 25.9. The molecule has 2 aromatic carbocycles. The van der Waals surface area contributed by atoms with E-state index in [1.807, 2.05) is 41.9 Å². The minimum Gasteiger partial charge on any atom is -0.338 e. The van der Waals surface area contributed by atoms with Gasteiger partial charge in [-0.05, 0) is 112 Å². The van der Waals surface area contributed by atoms with E-state index in [1.54, 1.807) is 12.1 Å². The van der Waals surface area contributed by atoms with Crippen molar-refractivity contribution in [2.24, 2.45) is 29.6 Å². The van der Waals surface area contributed by atoms with Crippen molar-refractivity contribution >= 4 is 40.8 Å². The van der Waals surface area contributed by atoms with Gasteiger partial charge in [-0.25, -0.2) is 9.48 Å². The van der Waals surface area contributed by atoms with Crippen LogP contribution in [0.4, 0.5) is 4.79 Å². The van der Waals surface area contributed by atoms with Crippen LogP contribution in [0.2, 0.25) is 15.1 Å². The molecule has 4 saturated carbocycles. The van der Waals surface area contributed by atoms with Crippen molar-refractivity contribution in [1.29, 1.82) is 0 Å².